The van der Waals surface area contributed by atoms with E-state index in [2.05, 4.69) is 4.98 Å². The van der Waals surface area contributed by atoms with Crippen LogP contribution in [0.1, 0.15) is 27.0 Å². The fourth-order valence-corrected chi connectivity index (χ4v) is 2.49. The minimum atomic E-state index is -0.0666. The van der Waals surface area contributed by atoms with Crippen LogP contribution in [0.5, 0.6) is 0 Å². The van der Waals surface area contributed by atoms with Crippen molar-refractivity contribution in [3.05, 3.63) is 106 Å². The maximum atomic E-state index is 12.1. The maximum absolute atomic E-state index is 12.1. The van der Waals surface area contributed by atoms with Crippen LogP contribution in [0, 0.1) is 0 Å². The number of halogens is 1. The predicted molar refractivity (Wildman–Crippen MR) is 104 cm³/mol. The van der Waals surface area contributed by atoms with E-state index < -0.39 is 0 Å². The van der Waals surface area contributed by atoms with Crippen molar-refractivity contribution in [2.24, 2.45) is 0 Å². The van der Waals surface area contributed by atoms with E-state index in [4.69, 9.17) is 11.6 Å². The lowest BCUT2D eigenvalue weighted by atomic mass is 10.1. The molecule has 0 saturated heterocycles. The Balaban J connectivity index is 1.66. The van der Waals surface area contributed by atoms with Crippen molar-refractivity contribution < 1.29 is 4.79 Å². The van der Waals surface area contributed by atoms with Crippen LogP contribution in [0.3, 0.4) is 0 Å². The molecule has 0 bridgehead atoms. The lowest BCUT2D eigenvalue weighted by molar-refractivity contribution is 0.104. The largest absolute Gasteiger partial charge is 0.289 e. The van der Waals surface area contributed by atoms with Gasteiger partial charge in [-0.15, -0.1) is 0 Å². The zero-order valence-corrected chi connectivity index (χ0v) is 14.2. The smallest absolute Gasteiger partial charge is 0.185 e. The van der Waals surface area contributed by atoms with E-state index in [1.54, 1.807) is 42.6 Å². The minimum absolute atomic E-state index is 0.0666. The topological polar surface area (TPSA) is 30.0 Å². The molecule has 3 rings (SSSR count). The fourth-order valence-electron chi connectivity index (χ4n) is 2.30. The van der Waals surface area contributed by atoms with Gasteiger partial charge < -0.3 is 0 Å². The second-order valence-corrected chi connectivity index (χ2v) is 5.93. The normalized spacial score (nSPS) is 11.2. The standard InChI is InChI=1S/C22H16ClNO/c23-21-5-1-4-20(15-21)22(25)13-12-18-8-6-17(7-9-18)10-11-19-3-2-14-24-16-19/h1-16H/b11-10?,13-12+. The maximum Gasteiger partial charge on any atom is 0.185 e. The lowest BCUT2D eigenvalue weighted by Crippen LogP contribution is -1.93. The Bertz CT molecular complexity index is 912. The molecule has 0 fully saturated rings. The third-order valence-electron chi connectivity index (χ3n) is 3.63. The van der Waals surface area contributed by atoms with Crippen LogP contribution in [0.25, 0.3) is 18.2 Å². The van der Waals surface area contributed by atoms with Gasteiger partial charge in [-0.25, -0.2) is 0 Å². The molecule has 0 aliphatic rings. The Morgan fingerprint density at radius 1 is 0.840 bits per heavy atom. The molecule has 0 spiro atoms. The molecule has 3 aromatic rings. The molecule has 0 saturated carbocycles. The summed E-state index contributed by atoms with van der Waals surface area (Å²) >= 11 is 5.91. The Morgan fingerprint density at radius 3 is 2.24 bits per heavy atom. The summed E-state index contributed by atoms with van der Waals surface area (Å²) in [5, 5.41) is 0.559. The summed E-state index contributed by atoms with van der Waals surface area (Å²) < 4.78 is 0. The summed E-state index contributed by atoms with van der Waals surface area (Å²) in [6.07, 6.45) is 11.0. The van der Waals surface area contributed by atoms with Gasteiger partial charge in [0.1, 0.15) is 0 Å². The number of ketones is 1. The second kappa shape index (κ2) is 8.22. The number of benzene rings is 2. The summed E-state index contributed by atoms with van der Waals surface area (Å²) in [6, 6.07) is 18.8. The van der Waals surface area contributed by atoms with E-state index in [-0.39, 0.29) is 5.78 Å². The number of pyridine rings is 1. The fraction of sp³-hybridized carbons (Fsp3) is 0. The van der Waals surface area contributed by atoms with Crippen LogP contribution in [0.4, 0.5) is 0 Å². The average molecular weight is 346 g/mol. The summed E-state index contributed by atoms with van der Waals surface area (Å²) in [6.45, 7) is 0. The summed E-state index contributed by atoms with van der Waals surface area (Å²) in [5.74, 6) is -0.0666. The molecule has 25 heavy (non-hydrogen) atoms. The van der Waals surface area contributed by atoms with Gasteiger partial charge in [-0.2, -0.15) is 0 Å². The molecule has 1 heterocycles. The van der Waals surface area contributed by atoms with Gasteiger partial charge in [-0.05, 0) is 41.0 Å². The zero-order valence-electron chi connectivity index (χ0n) is 13.5. The third-order valence-corrected chi connectivity index (χ3v) is 3.86. The van der Waals surface area contributed by atoms with E-state index >= 15 is 0 Å². The number of hydrogen-bond donors (Lipinski definition) is 0. The van der Waals surface area contributed by atoms with Gasteiger partial charge >= 0.3 is 0 Å². The van der Waals surface area contributed by atoms with E-state index in [1.165, 1.54) is 0 Å². The summed E-state index contributed by atoms with van der Waals surface area (Å²) in [4.78, 5) is 16.2. The van der Waals surface area contributed by atoms with Crippen LogP contribution in [0.2, 0.25) is 5.02 Å². The van der Waals surface area contributed by atoms with Crippen molar-refractivity contribution >= 4 is 35.6 Å². The molecule has 3 heteroatoms. The summed E-state index contributed by atoms with van der Waals surface area (Å²) in [7, 11) is 0. The van der Waals surface area contributed by atoms with Gasteiger partial charge in [0.2, 0.25) is 0 Å². The molecule has 122 valence electrons. The number of aromatic nitrogens is 1. The SMILES string of the molecule is O=C(/C=C/c1ccc(C=Cc2cccnc2)cc1)c1cccc(Cl)c1. The lowest BCUT2D eigenvalue weighted by Gasteiger charge is -1.98. The van der Waals surface area contributed by atoms with Crippen molar-refractivity contribution in [2.75, 3.05) is 0 Å². The number of carbonyl (C=O) groups is 1. The first kappa shape index (κ1) is 16.9. The molecular weight excluding hydrogens is 330 g/mol. The molecule has 1 aromatic heterocycles. The van der Waals surface area contributed by atoms with Crippen LogP contribution in [-0.4, -0.2) is 10.8 Å². The highest BCUT2D eigenvalue weighted by Crippen LogP contribution is 2.13. The first-order valence-electron chi connectivity index (χ1n) is 7.87. The molecule has 2 aromatic carbocycles. The Labute approximate surface area is 152 Å². The van der Waals surface area contributed by atoms with Gasteiger partial charge in [0, 0.05) is 23.0 Å². The first-order chi connectivity index (χ1) is 12.2. The molecule has 0 aliphatic heterocycles. The third kappa shape index (κ3) is 5.00. The Kier molecular flexibility index (Phi) is 5.55. The molecule has 0 amide bonds. The second-order valence-electron chi connectivity index (χ2n) is 5.49. The van der Waals surface area contributed by atoms with E-state index in [0.29, 0.717) is 10.6 Å². The molecule has 0 unspecified atom stereocenters. The van der Waals surface area contributed by atoms with Crippen molar-refractivity contribution in [3.8, 4) is 0 Å². The van der Waals surface area contributed by atoms with Crippen molar-refractivity contribution in [1.82, 2.24) is 4.98 Å². The molecule has 0 N–H and O–H groups in total. The monoisotopic (exact) mass is 345 g/mol. The highest BCUT2D eigenvalue weighted by molar-refractivity contribution is 6.31. The molecule has 2 nitrogen and oxygen atoms in total. The van der Waals surface area contributed by atoms with E-state index in [9.17, 15) is 4.79 Å². The molecular formula is C22H16ClNO. The van der Waals surface area contributed by atoms with Crippen molar-refractivity contribution in [1.29, 1.82) is 0 Å². The molecule has 0 aliphatic carbocycles. The minimum Gasteiger partial charge on any atom is -0.289 e. The highest BCUT2D eigenvalue weighted by Gasteiger charge is 2.01. The first-order valence-corrected chi connectivity index (χ1v) is 8.25. The Morgan fingerprint density at radius 2 is 1.56 bits per heavy atom. The van der Waals surface area contributed by atoms with E-state index in [1.807, 2.05) is 54.7 Å². The highest BCUT2D eigenvalue weighted by atomic mass is 35.5. The van der Waals surface area contributed by atoms with Crippen LogP contribution in [0.15, 0.2) is 79.1 Å². The zero-order chi connectivity index (χ0) is 17.5. The predicted octanol–water partition coefficient (Wildman–Crippen LogP) is 5.80. The van der Waals surface area contributed by atoms with Gasteiger partial charge in [0.15, 0.2) is 5.78 Å². The van der Waals surface area contributed by atoms with Gasteiger partial charge in [-0.1, -0.05) is 72.3 Å². The average Bonchev–Trinajstić information content (AvgIpc) is 2.66. The number of rotatable bonds is 5. The van der Waals surface area contributed by atoms with Gasteiger partial charge in [0.25, 0.3) is 0 Å². The number of allylic oxidation sites excluding steroid dienone is 1. The number of hydrogen-bond acceptors (Lipinski definition) is 2. The summed E-state index contributed by atoms with van der Waals surface area (Å²) in [5.41, 5.74) is 3.69. The van der Waals surface area contributed by atoms with Crippen LogP contribution >= 0.6 is 11.6 Å². The molecule has 0 radical (unpaired) electrons. The van der Waals surface area contributed by atoms with Crippen molar-refractivity contribution in [2.45, 2.75) is 0 Å². The Hall–Kier alpha value is -2.97. The molecule has 0 atom stereocenters. The van der Waals surface area contributed by atoms with Gasteiger partial charge in [0.05, 0.1) is 0 Å². The van der Waals surface area contributed by atoms with Crippen LogP contribution < -0.4 is 0 Å². The van der Waals surface area contributed by atoms with Crippen molar-refractivity contribution in [3.63, 3.8) is 0 Å². The number of nitrogens with zero attached hydrogens (tertiary/aromatic N) is 1. The quantitative estimate of drug-likeness (QED) is 0.432. The van der Waals surface area contributed by atoms with Crippen LogP contribution in [-0.2, 0) is 0 Å². The van der Waals surface area contributed by atoms with Gasteiger partial charge in [-0.3, -0.25) is 9.78 Å². The number of carbonyl (C=O) groups excluding carboxylic acids is 1. The van der Waals surface area contributed by atoms with E-state index in [0.717, 1.165) is 16.7 Å².